The Labute approximate surface area is 169 Å². The van der Waals surface area contributed by atoms with Crippen LogP contribution in [0.2, 0.25) is 0 Å². The number of nitrogens with one attached hydrogen (secondary N) is 1. The summed E-state index contributed by atoms with van der Waals surface area (Å²) in [5.74, 6) is 1.00. The maximum Gasteiger partial charge on any atom is 0.270 e. The van der Waals surface area contributed by atoms with Crippen molar-refractivity contribution in [1.82, 2.24) is 4.98 Å². The van der Waals surface area contributed by atoms with E-state index in [4.69, 9.17) is 9.47 Å². The molecule has 1 aliphatic rings. The van der Waals surface area contributed by atoms with E-state index in [0.717, 1.165) is 5.56 Å². The number of anilines is 1. The van der Waals surface area contributed by atoms with Crippen molar-refractivity contribution in [3.63, 3.8) is 0 Å². The molecule has 4 rings (SSSR count). The molecule has 0 saturated carbocycles. The first-order valence-corrected chi connectivity index (χ1v) is 9.55. The lowest BCUT2D eigenvalue weighted by Gasteiger charge is -2.18. The molecule has 2 aromatic carbocycles. The van der Waals surface area contributed by atoms with Gasteiger partial charge in [0.15, 0.2) is 16.6 Å². The van der Waals surface area contributed by atoms with E-state index in [1.54, 1.807) is 12.1 Å². The van der Waals surface area contributed by atoms with Crippen molar-refractivity contribution >= 4 is 34.1 Å². The second kappa shape index (κ2) is 8.11. The largest absolute Gasteiger partial charge is 0.486 e. The van der Waals surface area contributed by atoms with Crippen LogP contribution in [0.4, 0.5) is 10.8 Å². The number of aromatic nitrogens is 1. The molecule has 1 aromatic heterocycles. The van der Waals surface area contributed by atoms with Crippen molar-refractivity contribution in [3.8, 4) is 22.8 Å². The van der Waals surface area contributed by atoms with E-state index in [1.807, 2.05) is 23.6 Å². The van der Waals surface area contributed by atoms with E-state index in [-0.39, 0.29) is 11.6 Å². The van der Waals surface area contributed by atoms with Gasteiger partial charge in [-0.25, -0.2) is 4.98 Å². The lowest BCUT2D eigenvalue weighted by atomic mass is 10.1. The Balaban J connectivity index is 1.43. The number of nitrogens with zero attached hydrogens (tertiary/aromatic N) is 2. The molecular weight excluding hydrogens is 394 g/mol. The van der Waals surface area contributed by atoms with E-state index >= 15 is 0 Å². The molecule has 0 radical (unpaired) electrons. The fraction of sp³-hybridized carbons (Fsp3) is 0.100. The van der Waals surface area contributed by atoms with Gasteiger partial charge in [-0.1, -0.05) is 12.1 Å². The Hall–Kier alpha value is -3.72. The molecule has 0 aliphatic carbocycles. The number of hydrogen-bond donors (Lipinski definition) is 1. The second-order valence-electron chi connectivity index (χ2n) is 6.07. The summed E-state index contributed by atoms with van der Waals surface area (Å²) < 4.78 is 11.1. The minimum absolute atomic E-state index is 0.0310. The highest BCUT2D eigenvalue weighted by Gasteiger charge is 2.14. The van der Waals surface area contributed by atoms with Gasteiger partial charge in [0.05, 0.1) is 10.6 Å². The Bertz CT molecular complexity index is 1110. The summed E-state index contributed by atoms with van der Waals surface area (Å²) in [6.45, 7) is 1.04. The molecule has 29 heavy (non-hydrogen) atoms. The van der Waals surface area contributed by atoms with Crippen LogP contribution in [-0.2, 0) is 4.79 Å². The Morgan fingerprint density at radius 3 is 2.83 bits per heavy atom. The summed E-state index contributed by atoms with van der Waals surface area (Å²) in [5, 5.41) is 15.8. The third-order valence-corrected chi connectivity index (χ3v) is 4.84. The third-order valence-electron chi connectivity index (χ3n) is 4.08. The number of ether oxygens (including phenoxy) is 2. The lowest BCUT2D eigenvalue weighted by molar-refractivity contribution is -0.384. The molecule has 146 valence electrons. The van der Waals surface area contributed by atoms with Crippen molar-refractivity contribution in [2.24, 2.45) is 0 Å². The molecule has 0 unspecified atom stereocenters. The Morgan fingerprint density at radius 1 is 1.17 bits per heavy atom. The van der Waals surface area contributed by atoms with E-state index in [2.05, 4.69) is 10.3 Å². The van der Waals surface area contributed by atoms with Gasteiger partial charge in [-0.3, -0.25) is 20.2 Å². The molecule has 1 N–H and O–H groups in total. The standard InChI is InChI=1S/C20H15N3O5S/c24-19(7-4-13-2-1-3-15(10-13)23(25)26)22-20-21-16(12-29-20)14-5-6-17-18(11-14)28-9-8-27-17/h1-7,10-12H,8-9H2,(H,21,22,24). The number of fused-ring (bicyclic) bond motifs is 1. The molecule has 0 fully saturated rings. The minimum Gasteiger partial charge on any atom is -0.486 e. The molecule has 0 atom stereocenters. The molecule has 9 heteroatoms. The summed E-state index contributed by atoms with van der Waals surface area (Å²) in [4.78, 5) is 26.9. The van der Waals surface area contributed by atoms with E-state index in [0.29, 0.717) is 41.1 Å². The number of rotatable bonds is 5. The van der Waals surface area contributed by atoms with Crippen LogP contribution >= 0.6 is 11.3 Å². The van der Waals surface area contributed by atoms with Gasteiger partial charge in [-0.15, -0.1) is 11.3 Å². The summed E-state index contributed by atoms with van der Waals surface area (Å²) >= 11 is 1.30. The fourth-order valence-corrected chi connectivity index (χ4v) is 3.45. The summed E-state index contributed by atoms with van der Waals surface area (Å²) in [6, 6.07) is 11.6. The maximum atomic E-state index is 12.1. The van der Waals surface area contributed by atoms with E-state index in [1.165, 1.54) is 35.6 Å². The van der Waals surface area contributed by atoms with Crippen molar-refractivity contribution < 1.29 is 19.2 Å². The van der Waals surface area contributed by atoms with Gasteiger partial charge in [0, 0.05) is 29.2 Å². The number of benzene rings is 2. The average molecular weight is 409 g/mol. The molecule has 1 amide bonds. The van der Waals surface area contributed by atoms with E-state index < -0.39 is 4.92 Å². The molecule has 1 aliphatic heterocycles. The Morgan fingerprint density at radius 2 is 2.00 bits per heavy atom. The number of amides is 1. The monoisotopic (exact) mass is 409 g/mol. The molecule has 0 bridgehead atoms. The molecule has 8 nitrogen and oxygen atoms in total. The van der Waals surface area contributed by atoms with Crippen LogP contribution in [0.15, 0.2) is 53.9 Å². The summed E-state index contributed by atoms with van der Waals surface area (Å²) in [6.07, 6.45) is 2.82. The predicted molar refractivity (Wildman–Crippen MR) is 109 cm³/mol. The topological polar surface area (TPSA) is 104 Å². The normalized spacial score (nSPS) is 12.7. The van der Waals surface area contributed by atoms with Crippen molar-refractivity contribution in [1.29, 1.82) is 0 Å². The quantitative estimate of drug-likeness (QED) is 0.386. The number of thiazole rings is 1. The first-order chi connectivity index (χ1) is 14.1. The SMILES string of the molecule is O=C(C=Cc1cccc([N+](=O)[O-])c1)Nc1nc(-c2ccc3c(c2)OCCO3)cs1. The van der Waals surface area contributed by atoms with Crippen LogP contribution in [0.25, 0.3) is 17.3 Å². The molecule has 3 aromatic rings. The number of hydrogen-bond acceptors (Lipinski definition) is 7. The highest BCUT2D eigenvalue weighted by Crippen LogP contribution is 2.35. The van der Waals surface area contributed by atoms with Crippen molar-refractivity contribution in [3.05, 3.63) is 69.6 Å². The number of carbonyl (C=O) groups is 1. The average Bonchev–Trinajstić information content (AvgIpc) is 3.20. The number of non-ortho nitro benzene ring substituents is 1. The fourth-order valence-electron chi connectivity index (χ4n) is 2.73. The van der Waals surface area contributed by atoms with Crippen LogP contribution in [0.1, 0.15) is 5.56 Å². The van der Waals surface area contributed by atoms with Gasteiger partial charge in [-0.2, -0.15) is 0 Å². The number of carbonyl (C=O) groups excluding carboxylic acids is 1. The van der Waals surface area contributed by atoms with Crippen LogP contribution in [0.3, 0.4) is 0 Å². The van der Waals surface area contributed by atoms with Gasteiger partial charge in [0.2, 0.25) is 5.91 Å². The summed E-state index contributed by atoms with van der Waals surface area (Å²) in [5.41, 5.74) is 2.10. The van der Waals surface area contributed by atoms with Gasteiger partial charge in [0.1, 0.15) is 13.2 Å². The molecular formula is C20H15N3O5S. The highest BCUT2D eigenvalue weighted by atomic mass is 32.1. The van der Waals surface area contributed by atoms with Crippen LogP contribution in [0, 0.1) is 10.1 Å². The van der Waals surface area contributed by atoms with Crippen molar-refractivity contribution in [2.75, 3.05) is 18.5 Å². The van der Waals surface area contributed by atoms with Crippen LogP contribution in [-0.4, -0.2) is 29.0 Å². The predicted octanol–water partition coefficient (Wildman–Crippen LogP) is 4.14. The maximum absolute atomic E-state index is 12.1. The third kappa shape index (κ3) is 4.41. The minimum atomic E-state index is -0.480. The molecule has 2 heterocycles. The zero-order valence-corrected chi connectivity index (χ0v) is 15.8. The van der Waals surface area contributed by atoms with Crippen LogP contribution < -0.4 is 14.8 Å². The Kier molecular flexibility index (Phi) is 5.21. The highest BCUT2D eigenvalue weighted by molar-refractivity contribution is 7.14. The molecule has 0 spiro atoms. The first-order valence-electron chi connectivity index (χ1n) is 8.67. The molecule has 0 saturated heterocycles. The van der Waals surface area contributed by atoms with Gasteiger partial charge < -0.3 is 9.47 Å². The zero-order valence-electron chi connectivity index (χ0n) is 15.0. The van der Waals surface area contributed by atoms with Gasteiger partial charge in [0.25, 0.3) is 5.69 Å². The van der Waals surface area contributed by atoms with E-state index in [9.17, 15) is 14.9 Å². The van der Waals surface area contributed by atoms with Crippen molar-refractivity contribution in [2.45, 2.75) is 0 Å². The zero-order chi connectivity index (χ0) is 20.2. The first kappa shape index (κ1) is 18.6. The second-order valence-corrected chi connectivity index (χ2v) is 6.93. The summed E-state index contributed by atoms with van der Waals surface area (Å²) in [7, 11) is 0. The number of nitro groups is 1. The smallest absolute Gasteiger partial charge is 0.270 e. The lowest BCUT2D eigenvalue weighted by Crippen LogP contribution is -2.15. The number of nitro benzene ring substituents is 1. The van der Waals surface area contributed by atoms with Gasteiger partial charge >= 0.3 is 0 Å². The van der Waals surface area contributed by atoms with Gasteiger partial charge in [-0.05, 0) is 29.8 Å². The van der Waals surface area contributed by atoms with Crippen LogP contribution in [0.5, 0.6) is 11.5 Å².